The molecule has 1 aromatic carbocycles. The lowest BCUT2D eigenvalue weighted by molar-refractivity contribution is 0.487. The molecule has 1 unspecified atom stereocenters. The zero-order valence-electron chi connectivity index (χ0n) is 15.3. The molecule has 2 N–H and O–H groups in total. The van der Waals surface area contributed by atoms with Crippen molar-refractivity contribution in [2.24, 2.45) is 11.7 Å². The number of nitrogens with zero attached hydrogens (tertiary/aromatic N) is 2. The van der Waals surface area contributed by atoms with Crippen LogP contribution < -0.4 is 16.2 Å². The topological polar surface area (TPSA) is 51.3 Å². The fourth-order valence-electron chi connectivity index (χ4n) is 4.28. The number of benzene rings is 1. The van der Waals surface area contributed by atoms with Gasteiger partial charge in [0, 0.05) is 42.2 Å². The van der Waals surface area contributed by atoms with Gasteiger partial charge in [0.05, 0.1) is 11.2 Å². The number of hydrogen-bond acceptors (Lipinski definition) is 3. The number of aromatic nitrogens is 1. The number of terminal acetylenes is 1. The predicted octanol–water partition coefficient (Wildman–Crippen LogP) is 2.94. The molecule has 1 aliphatic heterocycles. The lowest BCUT2D eigenvalue weighted by atomic mass is 10.0. The van der Waals surface area contributed by atoms with E-state index in [4.69, 9.17) is 12.2 Å². The summed E-state index contributed by atoms with van der Waals surface area (Å²) in [6.45, 7) is 5.42. The van der Waals surface area contributed by atoms with Gasteiger partial charge in [0.15, 0.2) is 0 Å². The molecular weight excluding hydrogens is 329 g/mol. The fourth-order valence-corrected chi connectivity index (χ4v) is 4.28. The van der Waals surface area contributed by atoms with Gasteiger partial charge >= 0.3 is 0 Å². The van der Waals surface area contributed by atoms with Crippen molar-refractivity contribution in [1.29, 1.82) is 0 Å². The molecule has 2 aromatic rings. The minimum absolute atomic E-state index is 0.0847. The molecule has 4 rings (SSSR count). The van der Waals surface area contributed by atoms with E-state index in [1.54, 1.807) is 0 Å². The van der Waals surface area contributed by atoms with E-state index in [-0.39, 0.29) is 23.5 Å². The highest BCUT2D eigenvalue weighted by molar-refractivity contribution is 5.92. The molecule has 136 valence electrons. The maximum absolute atomic E-state index is 15.1. The number of rotatable bonds is 3. The van der Waals surface area contributed by atoms with Crippen molar-refractivity contribution >= 4 is 16.6 Å². The summed E-state index contributed by atoms with van der Waals surface area (Å²) in [5.41, 5.74) is 8.59. The van der Waals surface area contributed by atoms with Gasteiger partial charge in [-0.05, 0) is 50.7 Å². The summed E-state index contributed by atoms with van der Waals surface area (Å²) in [7, 11) is 0. The number of nitrogens with two attached hydrogens (primary N) is 1. The maximum atomic E-state index is 15.1. The number of fused-ring (bicyclic) bond motifs is 1. The summed E-state index contributed by atoms with van der Waals surface area (Å²) in [5, 5.41) is 0.653. The maximum Gasteiger partial charge on any atom is 0.252 e. The van der Waals surface area contributed by atoms with Crippen molar-refractivity contribution in [2.75, 3.05) is 18.0 Å². The van der Waals surface area contributed by atoms with E-state index >= 15 is 4.39 Å². The van der Waals surface area contributed by atoms with Crippen LogP contribution in [-0.4, -0.2) is 23.7 Å². The van der Waals surface area contributed by atoms with Gasteiger partial charge in [-0.15, -0.1) is 6.42 Å². The molecular formula is C21H24FN3O. The molecule has 26 heavy (non-hydrogen) atoms. The Bertz CT molecular complexity index is 982. The van der Waals surface area contributed by atoms with Crippen molar-refractivity contribution in [1.82, 2.24) is 4.57 Å². The smallest absolute Gasteiger partial charge is 0.252 e. The van der Waals surface area contributed by atoms with Gasteiger partial charge in [0.25, 0.3) is 5.56 Å². The number of aryl methyl sites for hydroxylation is 1. The van der Waals surface area contributed by atoms with E-state index < -0.39 is 0 Å². The van der Waals surface area contributed by atoms with Crippen LogP contribution in [0.4, 0.5) is 10.1 Å². The third-order valence-electron chi connectivity index (χ3n) is 5.85. The Labute approximate surface area is 152 Å². The van der Waals surface area contributed by atoms with Crippen LogP contribution >= 0.6 is 0 Å². The first-order valence-corrected chi connectivity index (χ1v) is 9.27. The fraction of sp³-hybridized carbons (Fsp3) is 0.476. The average Bonchev–Trinajstić information content (AvgIpc) is 3.31. The van der Waals surface area contributed by atoms with E-state index in [1.165, 1.54) is 12.1 Å². The van der Waals surface area contributed by atoms with Crippen molar-refractivity contribution in [3.05, 3.63) is 39.4 Å². The Kier molecular flexibility index (Phi) is 4.04. The Morgan fingerprint density at radius 2 is 2.08 bits per heavy atom. The molecule has 4 nitrogen and oxygen atoms in total. The summed E-state index contributed by atoms with van der Waals surface area (Å²) >= 11 is 0. The molecule has 2 fully saturated rings. The van der Waals surface area contributed by atoms with Gasteiger partial charge in [-0.1, -0.05) is 5.92 Å². The van der Waals surface area contributed by atoms with E-state index in [2.05, 4.69) is 10.8 Å². The molecule has 2 aliphatic rings. The zero-order chi connectivity index (χ0) is 18.6. The second kappa shape index (κ2) is 6.14. The molecule has 2 heterocycles. The molecule has 1 saturated heterocycles. The molecule has 5 heteroatoms. The lowest BCUT2D eigenvalue weighted by Crippen LogP contribution is -2.30. The first kappa shape index (κ1) is 17.1. The normalized spacial score (nSPS) is 21.2. The molecule has 1 aromatic heterocycles. The highest BCUT2D eigenvalue weighted by atomic mass is 19.1. The first-order chi connectivity index (χ1) is 12.4. The van der Waals surface area contributed by atoms with Gasteiger partial charge in [-0.2, -0.15) is 0 Å². The summed E-state index contributed by atoms with van der Waals surface area (Å²) in [4.78, 5) is 14.7. The van der Waals surface area contributed by atoms with Crippen molar-refractivity contribution in [2.45, 2.75) is 45.2 Å². The molecule has 2 atom stereocenters. The van der Waals surface area contributed by atoms with Crippen LogP contribution in [0.5, 0.6) is 0 Å². The number of anilines is 1. The van der Waals surface area contributed by atoms with E-state index in [9.17, 15) is 4.79 Å². The minimum atomic E-state index is -0.280. The van der Waals surface area contributed by atoms with Crippen molar-refractivity contribution in [3.8, 4) is 12.3 Å². The van der Waals surface area contributed by atoms with Crippen LogP contribution in [0.15, 0.2) is 16.9 Å². The van der Waals surface area contributed by atoms with Gasteiger partial charge in [0.1, 0.15) is 5.82 Å². The Balaban J connectivity index is 1.95. The summed E-state index contributed by atoms with van der Waals surface area (Å²) < 4.78 is 16.9. The molecule has 0 radical (unpaired) electrons. The summed E-state index contributed by atoms with van der Waals surface area (Å²) in [5.74, 6) is 2.63. The van der Waals surface area contributed by atoms with Gasteiger partial charge in [-0.25, -0.2) is 4.39 Å². The number of halogens is 1. The van der Waals surface area contributed by atoms with Crippen LogP contribution in [0.3, 0.4) is 0 Å². The average molecular weight is 353 g/mol. The molecule has 0 bridgehead atoms. The minimum Gasteiger partial charge on any atom is -0.369 e. The van der Waals surface area contributed by atoms with Crippen LogP contribution in [-0.2, 0) is 0 Å². The second-order valence-electron chi connectivity index (χ2n) is 7.72. The Morgan fingerprint density at radius 3 is 2.65 bits per heavy atom. The second-order valence-corrected chi connectivity index (χ2v) is 7.72. The highest BCUT2D eigenvalue weighted by Crippen LogP contribution is 2.40. The molecule has 0 amide bonds. The Morgan fingerprint density at radius 1 is 1.35 bits per heavy atom. The molecule has 0 spiro atoms. The SMILES string of the molecule is C#Cc1cc(=O)n(C2CC2)c2c(C)c(N3CCC([C@H](C)N)C3)c(F)cc12. The molecule has 1 saturated carbocycles. The first-order valence-electron chi connectivity index (χ1n) is 9.27. The highest BCUT2D eigenvalue weighted by Gasteiger charge is 2.31. The molecule has 1 aliphatic carbocycles. The van der Waals surface area contributed by atoms with Gasteiger partial charge < -0.3 is 15.2 Å². The zero-order valence-corrected chi connectivity index (χ0v) is 15.3. The van der Waals surface area contributed by atoms with Crippen LogP contribution in [0, 0.1) is 31.0 Å². The number of pyridine rings is 1. The summed E-state index contributed by atoms with van der Waals surface area (Å²) in [6, 6.07) is 3.25. The standard InChI is InChI=1S/C21H24FN3O/c1-4-14-9-19(26)25(16-5-6-16)20-12(2)21(18(22)10-17(14)20)24-8-7-15(11-24)13(3)23/h1,9-10,13,15-16H,5-8,11,23H2,2-3H3/t13-,15?/m0/s1. The van der Waals surface area contributed by atoms with Crippen LogP contribution in [0.2, 0.25) is 0 Å². The van der Waals surface area contributed by atoms with Crippen LogP contribution in [0.1, 0.15) is 43.4 Å². The van der Waals surface area contributed by atoms with Crippen molar-refractivity contribution in [3.63, 3.8) is 0 Å². The Hall–Kier alpha value is -2.32. The largest absolute Gasteiger partial charge is 0.369 e. The van der Waals surface area contributed by atoms with Gasteiger partial charge in [-0.3, -0.25) is 4.79 Å². The predicted molar refractivity (Wildman–Crippen MR) is 103 cm³/mol. The van der Waals surface area contributed by atoms with E-state index in [1.807, 2.05) is 18.4 Å². The van der Waals surface area contributed by atoms with E-state index in [0.717, 1.165) is 43.4 Å². The quantitative estimate of drug-likeness (QED) is 0.863. The van der Waals surface area contributed by atoms with Gasteiger partial charge in [0.2, 0.25) is 0 Å². The van der Waals surface area contributed by atoms with Crippen LogP contribution in [0.25, 0.3) is 10.9 Å². The summed E-state index contributed by atoms with van der Waals surface area (Å²) in [6.07, 6.45) is 8.50. The monoisotopic (exact) mass is 353 g/mol. The van der Waals surface area contributed by atoms with Crippen molar-refractivity contribution < 1.29 is 4.39 Å². The lowest BCUT2D eigenvalue weighted by Gasteiger charge is -2.25. The third kappa shape index (κ3) is 2.60. The third-order valence-corrected chi connectivity index (χ3v) is 5.85. The van der Waals surface area contributed by atoms with E-state index in [0.29, 0.717) is 22.6 Å². The number of hydrogen-bond donors (Lipinski definition) is 1.